The van der Waals surface area contributed by atoms with Crippen molar-refractivity contribution in [1.29, 1.82) is 0 Å². The summed E-state index contributed by atoms with van der Waals surface area (Å²) < 4.78 is 0. The van der Waals surface area contributed by atoms with Gasteiger partial charge in [-0.05, 0) is 18.2 Å². The van der Waals surface area contributed by atoms with Crippen LogP contribution in [0.25, 0.3) is 0 Å². The molecule has 1 aromatic rings. The molecule has 1 N–H and O–H groups in total. The number of Topliss-reactive ketones (excluding diaryl/α,β-unsaturated/α-hetero) is 1. The van der Waals surface area contributed by atoms with Gasteiger partial charge in [-0.25, -0.2) is 0 Å². The van der Waals surface area contributed by atoms with E-state index in [-0.39, 0.29) is 11.8 Å². The summed E-state index contributed by atoms with van der Waals surface area (Å²) in [6.45, 7) is 3.24. The number of nitrogens with one attached hydrogen (secondary N) is 1. The number of hydrogen-bond donors (Lipinski definition) is 1. The second-order valence-electron chi connectivity index (χ2n) is 4.84. The molecule has 2 heterocycles. The SMILES string of the molecule is O=C1C2CNCC1CN(c1cccc(Cl)c1)C2. The summed E-state index contributed by atoms with van der Waals surface area (Å²) in [6, 6.07) is 7.87. The number of nitrogens with zero attached hydrogens (tertiary/aromatic N) is 1. The van der Waals surface area contributed by atoms with Gasteiger partial charge < -0.3 is 10.2 Å². The summed E-state index contributed by atoms with van der Waals surface area (Å²) in [5, 5.41) is 4.08. The lowest BCUT2D eigenvalue weighted by atomic mass is 9.84. The van der Waals surface area contributed by atoms with Gasteiger partial charge >= 0.3 is 0 Å². The maximum atomic E-state index is 12.0. The van der Waals surface area contributed by atoms with Crippen LogP contribution in [-0.2, 0) is 4.79 Å². The zero-order valence-electron chi connectivity index (χ0n) is 9.53. The van der Waals surface area contributed by atoms with Gasteiger partial charge in [0.2, 0.25) is 0 Å². The molecular weight excluding hydrogens is 236 g/mol. The average molecular weight is 251 g/mol. The molecule has 2 saturated heterocycles. The predicted octanol–water partition coefficient (Wildman–Crippen LogP) is 1.56. The zero-order chi connectivity index (χ0) is 11.8. The van der Waals surface area contributed by atoms with Crippen LogP contribution in [0.1, 0.15) is 0 Å². The lowest BCUT2D eigenvalue weighted by molar-refractivity contribution is -0.129. The van der Waals surface area contributed by atoms with Gasteiger partial charge in [-0.3, -0.25) is 4.79 Å². The molecule has 2 aliphatic rings. The Labute approximate surface area is 106 Å². The normalized spacial score (nSPS) is 28.3. The second kappa shape index (κ2) is 4.31. The van der Waals surface area contributed by atoms with Crippen LogP contribution in [-0.4, -0.2) is 32.0 Å². The fourth-order valence-electron chi connectivity index (χ4n) is 2.77. The molecule has 2 bridgehead atoms. The van der Waals surface area contributed by atoms with E-state index in [1.165, 1.54) is 0 Å². The first-order chi connectivity index (χ1) is 8.24. The molecular formula is C13H15ClN2O. The lowest BCUT2D eigenvalue weighted by Crippen LogP contribution is -2.57. The summed E-state index contributed by atoms with van der Waals surface area (Å²) in [7, 11) is 0. The van der Waals surface area contributed by atoms with Crippen LogP contribution < -0.4 is 10.2 Å². The fraction of sp³-hybridized carbons (Fsp3) is 0.462. The number of carbonyl (C=O) groups is 1. The van der Waals surface area contributed by atoms with Crippen LogP contribution in [0.4, 0.5) is 5.69 Å². The van der Waals surface area contributed by atoms with E-state index in [2.05, 4.69) is 16.3 Å². The number of piperidine rings is 2. The largest absolute Gasteiger partial charge is 0.370 e. The predicted molar refractivity (Wildman–Crippen MR) is 68.5 cm³/mol. The Morgan fingerprint density at radius 2 is 1.94 bits per heavy atom. The summed E-state index contributed by atoms with van der Waals surface area (Å²) in [5.74, 6) is 0.713. The highest BCUT2D eigenvalue weighted by Crippen LogP contribution is 2.27. The summed E-state index contributed by atoms with van der Waals surface area (Å²) >= 11 is 6.01. The van der Waals surface area contributed by atoms with E-state index in [9.17, 15) is 4.79 Å². The highest BCUT2D eigenvalue weighted by atomic mass is 35.5. The number of fused-ring (bicyclic) bond motifs is 2. The number of halogens is 1. The van der Waals surface area contributed by atoms with Gasteiger partial charge in [-0.1, -0.05) is 17.7 Å². The zero-order valence-corrected chi connectivity index (χ0v) is 10.3. The lowest BCUT2D eigenvalue weighted by Gasteiger charge is -2.41. The first kappa shape index (κ1) is 11.1. The van der Waals surface area contributed by atoms with Gasteiger partial charge in [0.05, 0.1) is 0 Å². The molecule has 0 radical (unpaired) electrons. The van der Waals surface area contributed by atoms with Crippen LogP contribution in [0.15, 0.2) is 24.3 Å². The van der Waals surface area contributed by atoms with Crippen LogP contribution in [0.2, 0.25) is 5.02 Å². The van der Waals surface area contributed by atoms with Gasteiger partial charge in [0.15, 0.2) is 0 Å². The molecule has 4 heteroatoms. The van der Waals surface area contributed by atoms with Crippen molar-refractivity contribution in [1.82, 2.24) is 5.32 Å². The van der Waals surface area contributed by atoms with E-state index in [0.717, 1.165) is 36.9 Å². The van der Waals surface area contributed by atoms with E-state index in [0.29, 0.717) is 5.78 Å². The molecule has 17 heavy (non-hydrogen) atoms. The van der Waals surface area contributed by atoms with Crippen LogP contribution in [0.3, 0.4) is 0 Å². The Morgan fingerprint density at radius 1 is 1.24 bits per heavy atom. The number of benzene rings is 1. The monoisotopic (exact) mass is 250 g/mol. The number of carbonyl (C=O) groups excluding carboxylic acids is 1. The van der Waals surface area contributed by atoms with Gasteiger partial charge in [0.1, 0.15) is 5.78 Å². The molecule has 2 atom stereocenters. The molecule has 0 amide bonds. The van der Waals surface area contributed by atoms with E-state index in [4.69, 9.17) is 11.6 Å². The molecule has 90 valence electrons. The molecule has 1 aromatic carbocycles. The van der Waals surface area contributed by atoms with Gasteiger partial charge in [-0.15, -0.1) is 0 Å². The fourth-order valence-corrected chi connectivity index (χ4v) is 2.95. The molecule has 0 spiro atoms. The van der Waals surface area contributed by atoms with E-state index < -0.39 is 0 Å². The van der Waals surface area contributed by atoms with Crippen molar-refractivity contribution in [2.45, 2.75) is 0 Å². The highest BCUT2D eigenvalue weighted by molar-refractivity contribution is 6.30. The third-order valence-electron chi connectivity index (χ3n) is 3.64. The van der Waals surface area contributed by atoms with Crippen molar-refractivity contribution in [2.75, 3.05) is 31.1 Å². The average Bonchev–Trinajstić information content (AvgIpc) is 2.28. The Kier molecular flexibility index (Phi) is 2.81. The van der Waals surface area contributed by atoms with E-state index in [1.54, 1.807) is 0 Å². The standard InChI is InChI=1S/C13H15ClN2O/c14-11-2-1-3-12(4-11)16-7-9-5-15-6-10(8-16)13(9)17/h1-4,9-10,15H,5-8H2. The van der Waals surface area contributed by atoms with Crippen LogP contribution >= 0.6 is 11.6 Å². The smallest absolute Gasteiger partial charge is 0.145 e. The first-order valence-corrected chi connectivity index (χ1v) is 6.37. The van der Waals surface area contributed by atoms with Crippen molar-refractivity contribution in [2.24, 2.45) is 11.8 Å². The minimum absolute atomic E-state index is 0.140. The van der Waals surface area contributed by atoms with Crippen LogP contribution in [0, 0.1) is 11.8 Å². The third kappa shape index (κ3) is 2.05. The Bertz CT molecular complexity index is 433. The minimum atomic E-state index is 0.140. The van der Waals surface area contributed by atoms with Gasteiger partial charge in [-0.2, -0.15) is 0 Å². The maximum Gasteiger partial charge on any atom is 0.145 e. The number of hydrogen-bond acceptors (Lipinski definition) is 3. The van der Waals surface area contributed by atoms with E-state index >= 15 is 0 Å². The quantitative estimate of drug-likeness (QED) is 0.821. The van der Waals surface area contributed by atoms with Crippen LogP contribution in [0.5, 0.6) is 0 Å². The molecule has 2 unspecified atom stereocenters. The second-order valence-corrected chi connectivity index (χ2v) is 5.28. The molecule has 3 nitrogen and oxygen atoms in total. The molecule has 0 aliphatic carbocycles. The number of rotatable bonds is 1. The van der Waals surface area contributed by atoms with Crippen molar-refractivity contribution in [3.05, 3.63) is 29.3 Å². The van der Waals surface area contributed by atoms with E-state index in [1.807, 2.05) is 18.2 Å². The molecule has 2 fully saturated rings. The van der Waals surface area contributed by atoms with Crippen molar-refractivity contribution in [3.8, 4) is 0 Å². The molecule has 2 aliphatic heterocycles. The van der Waals surface area contributed by atoms with Crippen molar-refractivity contribution in [3.63, 3.8) is 0 Å². The summed E-state index contributed by atoms with van der Waals surface area (Å²) in [5.41, 5.74) is 1.13. The molecule has 3 rings (SSSR count). The topological polar surface area (TPSA) is 32.3 Å². The number of ketones is 1. The van der Waals surface area contributed by atoms with Crippen molar-refractivity contribution < 1.29 is 4.79 Å². The first-order valence-electron chi connectivity index (χ1n) is 5.99. The maximum absolute atomic E-state index is 12.0. The summed E-state index contributed by atoms with van der Waals surface area (Å²) in [6.07, 6.45) is 0. The Morgan fingerprint density at radius 3 is 2.59 bits per heavy atom. The summed E-state index contributed by atoms with van der Waals surface area (Å²) in [4.78, 5) is 14.2. The number of anilines is 1. The van der Waals surface area contributed by atoms with Gasteiger partial charge in [0, 0.05) is 48.7 Å². The molecule has 0 aromatic heterocycles. The molecule has 0 saturated carbocycles. The minimum Gasteiger partial charge on any atom is -0.370 e. The van der Waals surface area contributed by atoms with Crippen molar-refractivity contribution >= 4 is 23.1 Å². The Hall–Kier alpha value is -1.06. The third-order valence-corrected chi connectivity index (χ3v) is 3.88. The Balaban J connectivity index is 1.84. The highest BCUT2D eigenvalue weighted by Gasteiger charge is 2.37. The van der Waals surface area contributed by atoms with Gasteiger partial charge in [0.25, 0.3) is 0 Å².